The summed E-state index contributed by atoms with van der Waals surface area (Å²) in [5, 5.41) is 19.6. The Morgan fingerprint density at radius 3 is 2.52 bits per heavy atom. The van der Waals surface area contributed by atoms with Crippen molar-refractivity contribution in [3.05, 3.63) is 27.1 Å². The SMILES string of the molecule is O=C(O)C1CC12CCN(C(=O)c1ccc([N+](=O)[O-])s1)CC2. The lowest BCUT2D eigenvalue weighted by molar-refractivity contribution is -0.380. The van der Waals surface area contributed by atoms with E-state index in [2.05, 4.69) is 0 Å². The molecule has 1 aliphatic carbocycles. The number of nitro groups is 1. The van der Waals surface area contributed by atoms with E-state index in [0.717, 1.165) is 11.3 Å². The predicted octanol–water partition coefficient (Wildman–Crippen LogP) is 1.98. The van der Waals surface area contributed by atoms with Gasteiger partial charge in [0.05, 0.1) is 15.7 Å². The van der Waals surface area contributed by atoms with Gasteiger partial charge in [0.25, 0.3) is 5.91 Å². The first-order valence-electron chi connectivity index (χ1n) is 6.69. The highest BCUT2D eigenvalue weighted by Gasteiger charge is 2.59. The summed E-state index contributed by atoms with van der Waals surface area (Å²) in [6.45, 7) is 1.04. The van der Waals surface area contributed by atoms with E-state index in [1.165, 1.54) is 12.1 Å². The van der Waals surface area contributed by atoms with Crippen molar-refractivity contribution >= 4 is 28.2 Å². The number of hydrogen-bond donors (Lipinski definition) is 1. The molecule has 112 valence electrons. The number of nitrogens with zero attached hydrogens (tertiary/aromatic N) is 2. The molecule has 8 heteroatoms. The number of rotatable bonds is 3. The molecule has 2 fully saturated rings. The van der Waals surface area contributed by atoms with E-state index in [4.69, 9.17) is 5.11 Å². The third-order valence-electron chi connectivity index (χ3n) is 4.52. The van der Waals surface area contributed by atoms with Gasteiger partial charge in [-0.3, -0.25) is 19.7 Å². The molecule has 1 spiro atoms. The van der Waals surface area contributed by atoms with Crippen LogP contribution in [0.5, 0.6) is 0 Å². The summed E-state index contributed by atoms with van der Waals surface area (Å²) in [4.78, 5) is 35.4. The molecule has 1 aromatic heterocycles. The summed E-state index contributed by atoms with van der Waals surface area (Å²) in [6, 6.07) is 2.82. The normalized spacial score (nSPS) is 23.0. The minimum absolute atomic E-state index is 0.0417. The van der Waals surface area contributed by atoms with Gasteiger partial charge in [-0.05, 0) is 30.7 Å². The fraction of sp³-hybridized carbons (Fsp3) is 0.538. The van der Waals surface area contributed by atoms with E-state index >= 15 is 0 Å². The van der Waals surface area contributed by atoms with E-state index in [1.807, 2.05) is 0 Å². The number of thiophene rings is 1. The second-order valence-corrected chi connectivity index (χ2v) is 6.71. The molecule has 3 rings (SSSR count). The first-order valence-corrected chi connectivity index (χ1v) is 7.51. The molecular weight excluding hydrogens is 296 g/mol. The van der Waals surface area contributed by atoms with E-state index in [0.29, 0.717) is 37.2 Å². The lowest BCUT2D eigenvalue weighted by atomic mass is 9.91. The maximum absolute atomic E-state index is 12.3. The molecule has 2 heterocycles. The summed E-state index contributed by atoms with van der Waals surface area (Å²) < 4.78 is 0. The maximum atomic E-state index is 12.3. The van der Waals surface area contributed by atoms with Gasteiger partial charge in [-0.25, -0.2) is 0 Å². The van der Waals surface area contributed by atoms with Crippen LogP contribution in [0.2, 0.25) is 0 Å². The van der Waals surface area contributed by atoms with Crippen molar-refractivity contribution in [2.75, 3.05) is 13.1 Å². The standard InChI is InChI=1S/C13H14N2O5S/c16-11(9-1-2-10(21-9)15(19)20)14-5-3-13(4-6-14)7-8(13)12(17)18/h1-2,8H,3-7H2,(H,17,18). The molecule has 1 N–H and O–H groups in total. The summed E-state index contributed by atoms with van der Waals surface area (Å²) in [6.07, 6.45) is 2.10. The van der Waals surface area contributed by atoms with Gasteiger partial charge in [0.2, 0.25) is 0 Å². The van der Waals surface area contributed by atoms with Crippen LogP contribution >= 0.6 is 11.3 Å². The first kappa shape index (κ1) is 14.0. The Hall–Kier alpha value is -1.96. The number of carboxylic acids is 1. The fourth-order valence-electron chi connectivity index (χ4n) is 3.10. The molecule has 0 radical (unpaired) electrons. The summed E-state index contributed by atoms with van der Waals surface area (Å²) >= 11 is 0.879. The third kappa shape index (κ3) is 2.39. The Morgan fingerprint density at radius 1 is 1.38 bits per heavy atom. The second-order valence-electron chi connectivity index (χ2n) is 5.64. The monoisotopic (exact) mass is 310 g/mol. The molecule has 1 atom stereocenters. The van der Waals surface area contributed by atoms with Gasteiger partial charge in [0.1, 0.15) is 0 Å². The molecule has 1 aliphatic heterocycles. The van der Waals surface area contributed by atoms with Gasteiger partial charge in [-0.15, -0.1) is 0 Å². The number of carboxylic acid groups (broad SMARTS) is 1. The Balaban J connectivity index is 1.63. The molecule has 21 heavy (non-hydrogen) atoms. The molecular formula is C13H14N2O5S. The quantitative estimate of drug-likeness (QED) is 0.679. The highest BCUT2D eigenvalue weighted by Crippen LogP contribution is 2.59. The third-order valence-corrected chi connectivity index (χ3v) is 5.54. The van der Waals surface area contributed by atoms with E-state index < -0.39 is 10.9 Å². The van der Waals surface area contributed by atoms with Gasteiger partial charge in [-0.1, -0.05) is 11.3 Å². The topological polar surface area (TPSA) is 101 Å². The van der Waals surface area contributed by atoms with Gasteiger partial charge in [0.15, 0.2) is 0 Å². The highest BCUT2D eigenvalue weighted by molar-refractivity contribution is 7.17. The number of carbonyl (C=O) groups excluding carboxylic acids is 1. The molecule has 0 bridgehead atoms. The van der Waals surface area contributed by atoms with Crippen molar-refractivity contribution in [2.45, 2.75) is 19.3 Å². The van der Waals surface area contributed by atoms with Crippen molar-refractivity contribution < 1.29 is 19.6 Å². The van der Waals surface area contributed by atoms with E-state index in [9.17, 15) is 19.7 Å². The molecule has 1 saturated heterocycles. The van der Waals surface area contributed by atoms with Gasteiger partial charge in [0, 0.05) is 19.2 Å². The Labute approximate surface area is 124 Å². The van der Waals surface area contributed by atoms with Crippen LogP contribution in [-0.4, -0.2) is 39.9 Å². The van der Waals surface area contributed by atoms with Crippen molar-refractivity contribution in [2.24, 2.45) is 11.3 Å². The van der Waals surface area contributed by atoms with E-state index in [-0.39, 0.29) is 22.2 Å². The lowest BCUT2D eigenvalue weighted by Gasteiger charge is -2.32. The maximum Gasteiger partial charge on any atom is 0.324 e. The molecule has 1 aromatic rings. The van der Waals surface area contributed by atoms with Gasteiger partial charge < -0.3 is 10.0 Å². The van der Waals surface area contributed by atoms with Crippen LogP contribution in [0.4, 0.5) is 5.00 Å². The minimum atomic E-state index is -0.747. The average Bonchev–Trinajstić information content (AvgIpc) is 2.94. The van der Waals surface area contributed by atoms with Crippen LogP contribution in [-0.2, 0) is 4.79 Å². The van der Waals surface area contributed by atoms with Crippen LogP contribution in [0.25, 0.3) is 0 Å². The Bertz CT molecular complexity index is 618. The number of hydrogen-bond acceptors (Lipinski definition) is 5. The van der Waals surface area contributed by atoms with Gasteiger partial charge in [-0.2, -0.15) is 0 Å². The van der Waals surface area contributed by atoms with Crippen molar-refractivity contribution in [3.8, 4) is 0 Å². The summed E-state index contributed by atoms with van der Waals surface area (Å²) in [5.74, 6) is -1.21. The van der Waals surface area contributed by atoms with Crippen LogP contribution in [0.15, 0.2) is 12.1 Å². The molecule has 1 unspecified atom stereocenters. The summed E-state index contributed by atoms with van der Waals surface area (Å²) in [7, 11) is 0. The van der Waals surface area contributed by atoms with Crippen LogP contribution in [0.1, 0.15) is 28.9 Å². The van der Waals surface area contributed by atoms with Crippen LogP contribution in [0, 0.1) is 21.4 Å². The van der Waals surface area contributed by atoms with Gasteiger partial charge >= 0.3 is 11.0 Å². The van der Waals surface area contributed by atoms with Crippen molar-refractivity contribution in [1.29, 1.82) is 0 Å². The number of piperidine rings is 1. The zero-order valence-corrected chi connectivity index (χ0v) is 12.0. The predicted molar refractivity (Wildman–Crippen MR) is 74.3 cm³/mol. The molecule has 0 aromatic carbocycles. The van der Waals surface area contributed by atoms with Crippen molar-refractivity contribution in [1.82, 2.24) is 4.90 Å². The van der Waals surface area contributed by atoms with E-state index in [1.54, 1.807) is 4.90 Å². The van der Waals surface area contributed by atoms with Crippen LogP contribution in [0.3, 0.4) is 0 Å². The molecule has 2 aliphatic rings. The molecule has 1 amide bonds. The highest BCUT2D eigenvalue weighted by atomic mass is 32.1. The van der Waals surface area contributed by atoms with Crippen LogP contribution < -0.4 is 0 Å². The minimum Gasteiger partial charge on any atom is -0.481 e. The zero-order chi connectivity index (χ0) is 15.2. The number of likely N-dealkylation sites (tertiary alicyclic amines) is 1. The number of amides is 1. The smallest absolute Gasteiger partial charge is 0.324 e. The Kier molecular flexibility index (Phi) is 3.20. The fourth-order valence-corrected chi connectivity index (χ4v) is 3.89. The second kappa shape index (κ2) is 4.80. The summed E-state index contributed by atoms with van der Waals surface area (Å²) in [5.41, 5.74) is -0.121. The largest absolute Gasteiger partial charge is 0.481 e. The molecule has 1 saturated carbocycles. The average molecular weight is 310 g/mol. The van der Waals surface area contributed by atoms with Crippen molar-refractivity contribution in [3.63, 3.8) is 0 Å². The first-order chi connectivity index (χ1) is 9.93. The Morgan fingerprint density at radius 2 is 2.05 bits per heavy atom. The lowest BCUT2D eigenvalue weighted by Crippen LogP contribution is -2.39. The molecule has 7 nitrogen and oxygen atoms in total. The number of aliphatic carboxylic acids is 1. The number of carbonyl (C=O) groups is 2. The zero-order valence-electron chi connectivity index (χ0n) is 11.2.